The molecule has 1 aromatic rings. The van der Waals surface area contributed by atoms with E-state index in [1.165, 1.54) is 0 Å². The Kier molecular flexibility index (Phi) is 7.25. The largest absolute Gasteiger partial charge is 0.388 e. The van der Waals surface area contributed by atoms with Crippen LogP contribution < -0.4 is 10.6 Å². The quantitative estimate of drug-likeness (QED) is 0.667. The molecule has 0 saturated carbocycles. The number of carbonyl (C=O) groups is 3. The van der Waals surface area contributed by atoms with Gasteiger partial charge in [-0.1, -0.05) is 12.1 Å². The van der Waals surface area contributed by atoms with Crippen LogP contribution in [0.1, 0.15) is 28.8 Å². The van der Waals surface area contributed by atoms with Crippen molar-refractivity contribution < 1.29 is 14.4 Å². The second-order valence-corrected chi connectivity index (χ2v) is 5.07. The van der Waals surface area contributed by atoms with Crippen molar-refractivity contribution in [1.82, 2.24) is 10.2 Å². The van der Waals surface area contributed by atoms with Crippen molar-refractivity contribution in [3.8, 4) is 0 Å². The zero-order valence-electron chi connectivity index (χ0n) is 13.3. The van der Waals surface area contributed by atoms with Gasteiger partial charge in [0.25, 0.3) is 0 Å². The number of anilines is 1. The van der Waals surface area contributed by atoms with Gasteiger partial charge in [0.15, 0.2) is 0 Å². The molecule has 0 aromatic heterocycles. The second kappa shape index (κ2) is 8.94. The van der Waals surface area contributed by atoms with Crippen molar-refractivity contribution in [2.24, 2.45) is 0 Å². The summed E-state index contributed by atoms with van der Waals surface area (Å²) in [5, 5.41) is 5.59. The van der Waals surface area contributed by atoms with Gasteiger partial charge in [-0.3, -0.25) is 14.5 Å². The lowest BCUT2D eigenvalue weighted by Gasteiger charge is -2.25. The fourth-order valence-corrected chi connectivity index (χ4v) is 2.29. The van der Waals surface area contributed by atoms with Gasteiger partial charge in [-0.05, 0) is 25.1 Å². The van der Waals surface area contributed by atoms with Gasteiger partial charge in [-0.25, -0.2) is 0 Å². The summed E-state index contributed by atoms with van der Waals surface area (Å²) < 4.78 is 0. The topological polar surface area (TPSA) is 78.5 Å². The Morgan fingerprint density at radius 3 is 2.59 bits per heavy atom. The van der Waals surface area contributed by atoms with Crippen molar-refractivity contribution >= 4 is 24.2 Å². The average Bonchev–Trinajstić information content (AvgIpc) is 2.55. The molecule has 0 aliphatic heterocycles. The highest BCUT2D eigenvalue weighted by atomic mass is 16.1. The molecular weight excluding hydrogens is 282 g/mol. The third kappa shape index (κ3) is 4.66. The lowest BCUT2D eigenvalue weighted by molar-refractivity contribution is -0.121. The molecule has 22 heavy (non-hydrogen) atoms. The van der Waals surface area contributed by atoms with E-state index in [2.05, 4.69) is 10.6 Å². The Bertz CT molecular complexity index is 531. The third-order valence-electron chi connectivity index (χ3n) is 3.69. The third-order valence-corrected chi connectivity index (χ3v) is 3.69. The molecule has 0 aliphatic carbocycles. The van der Waals surface area contributed by atoms with Crippen LogP contribution >= 0.6 is 0 Å². The minimum absolute atomic E-state index is 0.0931. The van der Waals surface area contributed by atoms with Crippen LogP contribution in [0.15, 0.2) is 18.2 Å². The first-order valence-electron chi connectivity index (χ1n) is 7.18. The van der Waals surface area contributed by atoms with Crippen molar-refractivity contribution in [2.45, 2.75) is 25.4 Å². The normalized spacial score (nSPS) is 11.8. The Labute approximate surface area is 130 Å². The standard InChI is InChI=1S/C16H23N3O3/c1-17-15-6-4-5-12(10-20)14(15)9-19(3)13(11-21)7-8-16(22)18-2/h4-6,10-11,13,17H,7-9H2,1-3H3,(H,18,22). The number of carbonyl (C=O) groups excluding carboxylic acids is 3. The molecule has 2 N–H and O–H groups in total. The van der Waals surface area contributed by atoms with Gasteiger partial charge < -0.3 is 15.4 Å². The number of benzene rings is 1. The highest BCUT2D eigenvalue weighted by Crippen LogP contribution is 2.21. The molecule has 0 fully saturated rings. The van der Waals surface area contributed by atoms with Crippen molar-refractivity contribution in [3.05, 3.63) is 29.3 Å². The van der Waals surface area contributed by atoms with E-state index >= 15 is 0 Å². The monoisotopic (exact) mass is 305 g/mol. The summed E-state index contributed by atoms with van der Waals surface area (Å²) in [6, 6.07) is 5.07. The maximum Gasteiger partial charge on any atom is 0.219 e. The molecule has 1 rings (SSSR count). The molecule has 1 aromatic carbocycles. The molecule has 120 valence electrons. The van der Waals surface area contributed by atoms with E-state index in [-0.39, 0.29) is 11.9 Å². The molecule has 1 unspecified atom stereocenters. The number of nitrogens with one attached hydrogen (secondary N) is 2. The molecule has 6 heteroatoms. The van der Waals surface area contributed by atoms with Gasteiger partial charge in [0, 0.05) is 38.3 Å². The summed E-state index contributed by atoms with van der Waals surface area (Å²) in [5.41, 5.74) is 2.29. The van der Waals surface area contributed by atoms with Gasteiger partial charge in [0.05, 0.1) is 6.04 Å². The van der Waals surface area contributed by atoms with Crippen molar-refractivity contribution in [1.29, 1.82) is 0 Å². The highest BCUT2D eigenvalue weighted by Gasteiger charge is 2.18. The summed E-state index contributed by atoms with van der Waals surface area (Å²) >= 11 is 0. The predicted molar refractivity (Wildman–Crippen MR) is 86.0 cm³/mol. The summed E-state index contributed by atoms with van der Waals surface area (Å²) in [5.74, 6) is -0.0931. The molecular formula is C16H23N3O3. The lowest BCUT2D eigenvalue weighted by Crippen LogP contribution is -2.34. The molecule has 0 heterocycles. The lowest BCUT2D eigenvalue weighted by atomic mass is 10.0. The van der Waals surface area contributed by atoms with Crippen LogP contribution in [0, 0.1) is 0 Å². The van der Waals surface area contributed by atoms with Crippen LogP contribution in [0.2, 0.25) is 0 Å². The van der Waals surface area contributed by atoms with Crippen LogP contribution in [-0.4, -0.2) is 50.6 Å². The predicted octanol–water partition coefficient (Wildman–Crippen LogP) is 1.07. The Balaban J connectivity index is 2.85. The molecule has 0 bridgehead atoms. The van der Waals surface area contributed by atoms with E-state index < -0.39 is 0 Å². The van der Waals surface area contributed by atoms with E-state index in [9.17, 15) is 14.4 Å². The first-order valence-corrected chi connectivity index (χ1v) is 7.18. The van der Waals surface area contributed by atoms with E-state index in [1.54, 1.807) is 20.2 Å². The van der Waals surface area contributed by atoms with Crippen LogP contribution in [0.3, 0.4) is 0 Å². The van der Waals surface area contributed by atoms with Crippen molar-refractivity contribution in [3.63, 3.8) is 0 Å². The van der Waals surface area contributed by atoms with Gasteiger partial charge in [-0.2, -0.15) is 0 Å². The van der Waals surface area contributed by atoms with Gasteiger partial charge in [0.1, 0.15) is 12.6 Å². The first kappa shape index (κ1) is 17.8. The van der Waals surface area contributed by atoms with Crippen LogP contribution in [0.25, 0.3) is 0 Å². The average molecular weight is 305 g/mol. The van der Waals surface area contributed by atoms with E-state index in [0.717, 1.165) is 23.8 Å². The summed E-state index contributed by atoms with van der Waals surface area (Å²) in [4.78, 5) is 35.6. The zero-order valence-corrected chi connectivity index (χ0v) is 13.3. The molecule has 0 aliphatic rings. The number of amides is 1. The minimum atomic E-state index is -0.373. The van der Waals surface area contributed by atoms with E-state index in [4.69, 9.17) is 0 Å². The minimum Gasteiger partial charge on any atom is -0.388 e. The molecule has 0 radical (unpaired) electrons. The maximum absolute atomic E-state index is 11.3. The van der Waals surface area contributed by atoms with E-state index in [0.29, 0.717) is 24.9 Å². The smallest absolute Gasteiger partial charge is 0.219 e. The number of aldehydes is 2. The number of rotatable bonds is 9. The fraction of sp³-hybridized carbons (Fsp3) is 0.438. The van der Waals surface area contributed by atoms with Gasteiger partial charge in [0.2, 0.25) is 5.91 Å². The van der Waals surface area contributed by atoms with E-state index in [1.807, 2.05) is 24.1 Å². The molecule has 0 spiro atoms. The zero-order chi connectivity index (χ0) is 16.5. The van der Waals surface area contributed by atoms with Crippen molar-refractivity contribution in [2.75, 3.05) is 26.5 Å². The Hall–Kier alpha value is -2.21. The number of likely N-dealkylation sites (N-methyl/N-ethyl adjacent to an activating group) is 1. The molecule has 1 amide bonds. The number of hydrogen-bond donors (Lipinski definition) is 2. The number of hydrogen-bond acceptors (Lipinski definition) is 5. The second-order valence-electron chi connectivity index (χ2n) is 5.07. The van der Waals surface area contributed by atoms with Crippen LogP contribution in [-0.2, 0) is 16.1 Å². The maximum atomic E-state index is 11.3. The van der Waals surface area contributed by atoms with Gasteiger partial charge in [-0.15, -0.1) is 0 Å². The van der Waals surface area contributed by atoms with Gasteiger partial charge >= 0.3 is 0 Å². The Morgan fingerprint density at radius 2 is 2.05 bits per heavy atom. The molecule has 1 atom stereocenters. The summed E-state index contributed by atoms with van der Waals surface area (Å²) in [6.07, 6.45) is 2.38. The summed E-state index contributed by atoms with van der Waals surface area (Å²) in [6.45, 7) is 0.447. The van der Waals surface area contributed by atoms with Crippen LogP contribution in [0.5, 0.6) is 0 Å². The number of nitrogens with zero attached hydrogens (tertiary/aromatic N) is 1. The highest BCUT2D eigenvalue weighted by molar-refractivity contribution is 5.81. The Morgan fingerprint density at radius 1 is 1.32 bits per heavy atom. The fourth-order valence-electron chi connectivity index (χ4n) is 2.29. The molecule has 6 nitrogen and oxygen atoms in total. The SMILES string of the molecule is CNC(=O)CCC(C=O)N(C)Cc1c(C=O)cccc1NC. The van der Waals surface area contributed by atoms with Crippen LogP contribution in [0.4, 0.5) is 5.69 Å². The first-order chi connectivity index (χ1) is 10.6. The molecule has 0 saturated heterocycles. The summed E-state index contributed by atoms with van der Waals surface area (Å²) in [7, 11) is 5.17.